The third-order valence-corrected chi connectivity index (χ3v) is 3.64. The minimum absolute atomic E-state index is 0.252. The summed E-state index contributed by atoms with van der Waals surface area (Å²) >= 11 is 0. The van der Waals surface area contributed by atoms with Crippen LogP contribution in [0.15, 0.2) is 15.8 Å². The van der Waals surface area contributed by atoms with Crippen LogP contribution in [0.1, 0.15) is 12.6 Å². The zero-order valence-electron chi connectivity index (χ0n) is 12.0. The summed E-state index contributed by atoms with van der Waals surface area (Å²) in [6.07, 6.45) is -2.78. The largest absolute Gasteiger partial charge is 0.467 e. The van der Waals surface area contributed by atoms with Gasteiger partial charge in [0, 0.05) is 6.42 Å². The minimum atomic E-state index is -3.92. The molecule has 1 fully saturated rings. The predicted molar refractivity (Wildman–Crippen MR) is 71.5 cm³/mol. The minimum Gasteiger partial charge on any atom is -0.467 e. The molecule has 0 aromatic carbocycles. The molecule has 0 bridgehead atoms. The molecule has 2 rings (SSSR count). The molecule has 1 aromatic rings. The van der Waals surface area contributed by atoms with E-state index >= 15 is 0 Å². The van der Waals surface area contributed by atoms with E-state index in [-0.39, 0.29) is 6.42 Å². The van der Waals surface area contributed by atoms with Crippen molar-refractivity contribution in [1.82, 2.24) is 9.55 Å². The predicted octanol–water partition coefficient (Wildman–Crippen LogP) is -1.52. The summed E-state index contributed by atoms with van der Waals surface area (Å²) in [5.74, 6) is -2.16. The van der Waals surface area contributed by atoms with E-state index in [2.05, 4.69) is 4.74 Å². The Morgan fingerprint density at radius 3 is 2.70 bits per heavy atom. The first kappa shape index (κ1) is 17.3. The lowest BCUT2D eigenvalue weighted by molar-refractivity contribution is -0.158. The lowest BCUT2D eigenvalue weighted by Crippen LogP contribution is -2.35. The number of nitrogens with one attached hydrogen (secondary N) is 1. The fraction of sp³-hybridized carbons (Fsp3) is 0.545. The number of aromatic amines is 1. The van der Waals surface area contributed by atoms with Gasteiger partial charge in [-0.25, -0.2) is 9.59 Å². The third-order valence-electron chi connectivity index (χ3n) is 3.04. The molecule has 0 aliphatic carbocycles. The van der Waals surface area contributed by atoms with Gasteiger partial charge in [-0.2, -0.15) is 12.8 Å². The maximum atomic E-state index is 13.3. The summed E-state index contributed by atoms with van der Waals surface area (Å²) in [6.45, 7) is 0. The van der Waals surface area contributed by atoms with E-state index in [0.29, 0.717) is 10.8 Å². The second-order valence-electron chi connectivity index (χ2n) is 4.75. The van der Waals surface area contributed by atoms with Crippen LogP contribution < -0.4 is 11.2 Å². The Bertz CT molecular complexity index is 829. The number of hydrogen-bond donors (Lipinski definition) is 1. The summed E-state index contributed by atoms with van der Waals surface area (Å²) in [7, 11) is -2.86. The number of carbonyl (C=O) groups excluding carboxylic acids is 1. The first-order chi connectivity index (χ1) is 10.6. The van der Waals surface area contributed by atoms with Gasteiger partial charge in [-0.05, 0) is 0 Å². The number of halogens is 1. The Balaban J connectivity index is 2.36. The number of rotatable bonds is 4. The number of ether oxygens (including phenoxy) is 2. The van der Waals surface area contributed by atoms with Gasteiger partial charge in [-0.3, -0.25) is 18.5 Å². The van der Waals surface area contributed by atoms with Crippen molar-refractivity contribution < 1.29 is 31.3 Å². The summed E-state index contributed by atoms with van der Waals surface area (Å²) in [4.78, 5) is 36.1. The Morgan fingerprint density at radius 1 is 1.48 bits per heavy atom. The Kier molecular flexibility index (Phi) is 4.68. The molecule has 12 heteroatoms. The molecule has 1 aliphatic rings. The average Bonchev–Trinajstić information content (AvgIpc) is 2.83. The molecule has 0 amide bonds. The van der Waals surface area contributed by atoms with Crippen LogP contribution in [0.5, 0.6) is 0 Å². The average molecular weight is 352 g/mol. The zero-order chi connectivity index (χ0) is 17.4. The van der Waals surface area contributed by atoms with Gasteiger partial charge in [0.05, 0.1) is 19.6 Å². The maximum Gasteiger partial charge on any atom is 0.337 e. The van der Waals surface area contributed by atoms with Gasteiger partial charge in [0.25, 0.3) is 15.7 Å². The van der Waals surface area contributed by atoms with Crippen LogP contribution in [-0.2, 0) is 28.6 Å². The molecule has 10 nitrogen and oxygen atoms in total. The van der Waals surface area contributed by atoms with Crippen LogP contribution in [0.3, 0.4) is 0 Å². The van der Waals surface area contributed by atoms with Gasteiger partial charge in [-0.15, -0.1) is 0 Å². The van der Waals surface area contributed by atoms with Gasteiger partial charge in [-0.1, -0.05) is 0 Å². The molecule has 0 spiro atoms. The van der Waals surface area contributed by atoms with Crippen molar-refractivity contribution in [3.63, 3.8) is 0 Å². The molecular weight excluding hydrogens is 339 g/mol. The number of methoxy groups -OCH3 is 1. The lowest BCUT2D eigenvalue weighted by Gasteiger charge is -2.15. The number of carbonyl (C=O) groups is 1. The molecule has 1 aromatic heterocycles. The van der Waals surface area contributed by atoms with E-state index in [1.807, 2.05) is 0 Å². The Morgan fingerprint density at radius 2 is 2.13 bits per heavy atom. The van der Waals surface area contributed by atoms with E-state index in [4.69, 9.17) is 8.92 Å². The smallest absolute Gasteiger partial charge is 0.337 e. The monoisotopic (exact) mass is 352 g/mol. The topological polar surface area (TPSA) is 134 Å². The maximum absolute atomic E-state index is 13.3. The number of aromatic nitrogens is 2. The molecule has 0 saturated carbocycles. The first-order valence-electron chi connectivity index (χ1n) is 6.25. The first-order valence-corrected chi connectivity index (χ1v) is 8.06. The molecule has 23 heavy (non-hydrogen) atoms. The normalized spacial score (nSPS) is 24.6. The number of esters is 1. The molecule has 2 heterocycles. The van der Waals surface area contributed by atoms with Crippen molar-refractivity contribution in [1.29, 1.82) is 0 Å². The molecule has 0 radical (unpaired) electrons. The second kappa shape index (κ2) is 6.22. The third kappa shape index (κ3) is 3.83. The van der Waals surface area contributed by atoms with Gasteiger partial charge >= 0.3 is 11.7 Å². The van der Waals surface area contributed by atoms with E-state index in [1.54, 1.807) is 4.98 Å². The molecule has 1 aliphatic heterocycles. The van der Waals surface area contributed by atoms with Crippen LogP contribution in [0.4, 0.5) is 4.39 Å². The fourth-order valence-electron chi connectivity index (χ4n) is 2.13. The molecule has 3 atom stereocenters. The van der Waals surface area contributed by atoms with E-state index in [0.717, 1.165) is 13.4 Å². The van der Waals surface area contributed by atoms with Crippen LogP contribution in [0.2, 0.25) is 0 Å². The lowest BCUT2D eigenvalue weighted by atomic mass is 10.2. The van der Waals surface area contributed by atoms with Gasteiger partial charge in [0.2, 0.25) is 5.82 Å². The van der Waals surface area contributed by atoms with E-state index in [1.165, 1.54) is 0 Å². The number of hydrogen-bond acceptors (Lipinski definition) is 8. The zero-order valence-corrected chi connectivity index (χ0v) is 12.8. The van der Waals surface area contributed by atoms with Gasteiger partial charge in [0.15, 0.2) is 6.10 Å². The SMILES string of the molecule is COC(=O)C1O[C@@H](n2cc(F)c(=O)[nH]c2=O)CC1OS(C)(=O)=O. The van der Waals surface area contributed by atoms with Crippen LogP contribution >= 0.6 is 0 Å². The van der Waals surface area contributed by atoms with Crippen LogP contribution in [0.25, 0.3) is 0 Å². The van der Waals surface area contributed by atoms with Crippen molar-refractivity contribution in [2.24, 2.45) is 0 Å². The summed E-state index contributed by atoms with van der Waals surface area (Å²) in [6, 6.07) is 0. The number of H-pyrrole nitrogens is 1. The highest BCUT2D eigenvalue weighted by Crippen LogP contribution is 2.31. The molecule has 1 saturated heterocycles. The van der Waals surface area contributed by atoms with Gasteiger partial charge < -0.3 is 9.47 Å². The number of nitrogens with zero attached hydrogens (tertiary/aromatic N) is 1. The van der Waals surface area contributed by atoms with Gasteiger partial charge in [0.1, 0.15) is 12.3 Å². The summed E-state index contributed by atoms with van der Waals surface area (Å²) in [5, 5.41) is 0. The van der Waals surface area contributed by atoms with E-state index in [9.17, 15) is 27.2 Å². The highest BCUT2D eigenvalue weighted by molar-refractivity contribution is 7.86. The molecule has 1 N–H and O–H groups in total. The molecular formula is C11H13FN2O8S. The van der Waals surface area contributed by atoms with Crippen LogP contribution in [0, 0.1) is 5.82 Å². The highest BCUT2D eigenvalue weighted by Gasteiger charge is 2.44. The van der Waals surface area contributed by atoms with E-state index < -0.39 is 51.6 Å². The van der Waals surface area contributed by atoms with Crippen molar-refractivity contribution in [2.45, 2.75) is 24.9 Å². The fourth-order valence-corrected chi connectivity index (χ4v) is 2.75. The summed E-state index contributed by atoms with van der Waals surface area (Å²) in [5.41, 5.74) is -2.19. The standard InChI is InChI=1S/C11H13FN2O8S/c1-20-10(16)8-6(22-23(2,18)19)3-7(21-8)14-4-5(12)9(15)13-11(14)17/h4,6-8H,3H2,1-2H3,(H,13,15,17)/t6?,7-,8?/m1/s1. The van der Waals surface area contributed by atoms with Crippen LogP contribution in [-0.4, -0.2) is 49.5 Å². The Labute approximate surface area is 128 Å². The molecule has 2 unspecified atom stereocenters. The summed E-state index contributed by atoms with van der Waals surface area (Å²) < 4.78 is 51.0. The van der Waals surface area contributed by atoms with Crippen molar-refractivity contribution in [3.8, 4) is 0 Å². The molecule has 128 valence electrons. The van der Waals surface area contributed by atoms with Crippen molar-refractivity contribution >= 4 is 16.1 Å². The highest BCUT2D eigenvalue weighted by atomic mass is 32.2. The van der Waals surface area contributed by atoms with Crippen molar-refractivity contribution in [3.05, 3.63) is 32.9 Å². The second-order valence-corrected chi connectivity index (χ2v) is 6.35. The Hall–Kier alpha value is -2.05. The quantitative estimate of drug-likeness (QED) is 0.510. The van der Waals surface area contributed by atoms with Crippen molar-refractivity contribution in [2.75, 3.05) is 13.4 Å².